The molecule has 0 aliphatic heterocycles. The Morgan fingerprint density at radius 2 is 2.50 bits per heavy atom. The van der Waals surface area contributed by atoms with E-state index in [9.17, 15) is 4.79 Å². The van der Waals surface area contributed by atoms with Gasteiger partial charge in [-0.15, -0.1) is 0 Å². The molecule has 0 radical (unpaired) electrons. The monoisotopic (exact) mass is 170 g/mol. The van der Waals surface area contributed by atoms with E-state index < -0.39 is 12.0 Å². The summed E-state index contributed by atoms with van der Waals surface area (Å²) in [4.78, 5) is 14.1. The highest BCUT2D eigenvalue weighted by molar-refractivity contribution is 5.73. The van der Waals surface area contributed by atoms with Gasteiger partial charge in [-0.2, -0.15) is 0 Å². The number of nitrogens with zero attached hydrogens (tertiary/aromatic N) is 2. The molecule has 5 N–H and O–H groups in total. The number of rotatable bonds is 3. The molecule has 0 aliphatic rings. The number of nitrogen functional groups attached to an aromatic ring is 1. The summed E-state index contributed by atoms with van der Waals surface area (Å²) in [6.07, 6.45) is 3.07. The van der Waals surface area contributed by atoms with Crippen LogP contribution in [-0.4, -0.2) is 26.8 Å². The molecule has 6 heteroatoms. The lowest BCUT2D eigenvalue weighted by Crippen LogP contribution is -2.33. The largest absolute Gasteiger partial charge is 0.480 e. The van der Waals surface area contributed by atoms with Gasteiger partial charge in [0.25, 0.3) is 0 Å². The van der Waals surface area contributed by atoms with Crippen molar-refractivity contribution >= 4 is 5.97 Å². The second-order valence-corrected chi connectivity index (χ2v) is 2.44. The molecular formula is C6H10N4O2. The van der Waals surface area contributed by atoms with Gasteiger partial charge in [0.05, 0.1) is 11.9 Å². The van der Waals surface area contributed by atoms with Gasteiger partial charge in [0.2, 0.25) is 0 Å². The molecule has 0 saturated heterocycles. The van der Waals surface area contributed by atoms with Gasteiger partial charge in [0, 0.05) is 6.42 Å². The second-order valence-electron chi connectivity index (χ2n) is 2.44. The van der Waals surface area contributed by atoms with E-state index in [0.717, 1.165) is 0 Å². The summed E-state index contributed by atoms with van der Waals surface area (Å²) >= 11 is 0. The first-order valence-electron chi connectivity index (χ1n) is 3.36. The molecular weight excluding hydrogens is 160 g/mol. The number of carboxylic acid groups (broad SMARTS) is 1. The van der Waals surface area contributed by atoms with Crippen molar-refractivity contribution in [3.8, 4) is 0 Å². The van der Waals surface area contributed by atoms with E-state index in [4.69, 9.17) is 16.7 Å². The Morgan fingerprint density at radius 1 is 1.83 bits per heavy atom. The molecule has 0 bridgehead atoms. The minimum Gasteiger partial charge on any atom is -0.480 e. The smallest absolute Gasteiger partial charge is 0.320 e. The second kappa shape index (κ2) is 3.22. The van der Waals surface area contributed by atoms with Gasteiger partial charge in [-0.05, 0) is 0 Å². The lowest BCUT2D eigenvalue weighted by molar-refractivity contribution is -0.138. The van der Waals surface area contributed by atoms with Gasteiger partial charge >= 0.3 is 5.97 Å². The summed E-state index contributed by atoms with van der Waals surface area (Å²) in [5, 5.41) is 8.48. The number of aromatic nitrogens is 2. The fraction of sp³-hybridized carbons (Fsp3) is 0.333. The van der Waals surface area contributed by atoms with E-state index in [1.807, 2.05) is 0 Å². The average Bonchev–Trinajstić information content (AvgIpc) is 2.36. The van der Waals surface area contributed by atoms with Gasteiger partial charge in [0.15, 0.2) is 0 Å². The van der Waals surface area contributed by atoms with Crippen LogP contribution in [-0.2, 0) is 11.2 Å². The van der Waals surface area contributed by atoms with Crippen molar-refractivity contribution in [1.29, 1.82) is 0 Å². The lowest BCUT2D eigenvalue weighted by Gasteiger charge is -2.05. The minimum absolute atomic E-state index is 0.186. The van der Waals surface area contributed by atoms with Crippen LogP contribution in [0.25, 0.3) is 0 Å². The number of hydrogen-bond donors (Lipinski definition) is 3. The van der Waals surface area contributed by atoms with Gasteiger partial charge < -0.3 is 16.7 Å². The maximum Gasteiger partial charge on any atom is 0.320 e. The van der Waals surface area contributed by atoms with E-state index in [1.54, 1.807) is 0 Å². The van der Waals surface area contributed by atoms with E-state index in [-0.39, 0.29) is 6.42 Å². The summed E-state index contributed by atoms with van der Waals surface area (Å²) in [7, 11) is 0. The van der Waals surface area contributed by atoms with Crippen LogP contribution in [0.3, 0.4) is 0 Å². The van der Waals surface area contributed by atoms with E-state index in [2.05, 4.69) is 4.98 Å². The van der Waals surface area contributed by atoms with Crippen LogP contribution in [0.4, 0.5) is 0 Å². The van der Waals surface area contributed by atoms with Gasteiger partial charge in [0.1, 0.15) is 12.4 Å². The van der Waals surface area contributed by atoms with Crippen LogP contribution in [0.15, 0.2) is 12.5 Å². The molecule has 0 spiro atoms. The number of imidazole rings is 1. The van der Waals surface area contributed by atoms with Crippen LogP contribution >= 0.6 is 0 Å². The molecule has 1 rings (SSSR count). The molecule has 0 amide bonds. The van der Waals surface area contributed by atoms with Crippen LogP contribution in [0, 0.1) is 0 Å². The molecule has 1 aromatic heterocycles. The molecule has 6 nitrogen and oxygen atoms in total. The van der Waals surface area contributed by atoms with Gasteiger partial charge in [-0.25, -0.2) is 4.98 Å². The highest BCUT2D eigenvalue weighted by Gasteiger charge is 2.13. The van der Waals surface area contributed by atoms with Crippen molar-refractivity contribution < 1.29 is 9.90 Å². The Bertz CT molecular complexity index is 283. The third kappa shape index (κ3) is 1.73. The molecule has 0 saturated carbocycles. The molecule has 1 aromatic rings. The topological polar surface area (TPSA) is 107 Å². The Labute approximate surface area is 68.8 Å². The van der Waals surface area contributed by atoms with Crippen LogP contribution < -0.4 is 11.6 Å². The zero-order chi connectivity index (χ0) is 9.14. The summed E-state index contributed by atoms with van der Waals surface area (Å²) in [5.74, 6) is 4.35. The molecule has 0 fully saturated rings. The molecule has 0 unspecified atom stereocenters. The first kappa shape index (κ1) is 8.54. The normalized spacial score (nSPS) is 12.8. The molecule has 66 valence electrons. The number of aliphatic carboxylic acids is 1. The minimum atomic E-state index is -1.05. The number of hydrogen-bond acceptors (Lipinski definition) is 4. The fourth-order valence-corrected chi connectivity index (χ4v) is 0.803. The highest BCUT2D eigenvalue weighted by Crippen LogP contribution is 1.98. The van der Waals surface area contributed by atoms with Crippen LogP contribution in [0.2, 0.25) is 0 Å². The maximum absolute atomic E-state index is 10.3. The maximum atomic E-state index is 10.3. The predicted octanol–water partition coefficient (Wildman–Crippen LogP) is -1.45. The third-order valence-electron chi connectivity index (χ3n) is 1.49. The first-order valence-corrected chi connectivity index (χ1v) is 3.36. The Kier molecular flexibility index (Phi) is 2.29. The SMILES string of the molecule is N[C@@H](Cc1cncn1N)C(=O)O. The summed E-state index contributed by atoms with van der Waals surface area (Å²) < 4.78 is 1.25. The molecule has 1 atom stereocenters. The highest BCUT2D eigenvalue weighted by atomic mass is 16.4. The first-order chi connectivity index (χ1) is 5.61. The summed E-state index contributed by atoms with van der Waals surface area (Å²) in [5.41, 5.74) is 5.88. The Morgan fingerprint density at radius 3 is 2.92 bits per heavy atom. The van der Waals surface area contributed by atoms with E-state index >= 15 is 0 Å². The van der Waals surface area contributed by atoms with Crippen molar-refractivity contribution in [2.45, 2.75) is 12.5 Å². The van der Waals surface area contributed by atoms with Crippen molar-refractivity contribution in [3.63, 3.8) is 0 Å². The third-order valence-corrected chi connectivity index (χ3v) is 1.49. The quantitative estimate of drug-likeness (QED) is 0.481. The Hall–Kier alpha value is -1.56. The molecule has 0 aromatic carbocycles. The standard InChI is InChI=1S/C6H10N4O2/c7-5(6(11)12)1-4-2-9-3-10(4)8/h2-3,5H,1,7-8H2,(H,11,12)/t5-/m0/s1. The molecule has 1 heterocycles. The lowest BCUT2D eigenvalue weighted by atomic mass is 10.2. The van der Waals surface area contributed by atoms with Crippen LogP contribution in [0.1, 0.15) is 5.69 Å². The van der Waals surface area contributed by atoms with Crippen molar-refractivity contribution in [2.24, 2.45) is 5.73 Å². The molecule has 12 heavy (non-hydrogen) atoms. The van der Waals surface area contributed by atoms with Gasteiger partial charge in [-0.1, -0.05) is 0 Å². The summed E-state index contributed by atoms with van der Waals surface area (Å²) in [6, 6.07) is -0.927. The van der Waals surface area contributed by atoms with Crippen molar-refractivity contribution in [3.05, 3.63) is 18.2 Å². The molecule has 0 aliphatic carbocycles. The van der Waals surface area contributed by atoms with Gasteiger partial charge in [-0.3, -0.25) is 9.47 Å². The van der Waals surface area contributed by atoms with Crippen molar-refractivity contribution in [1.82, 2.24) is 9.66 Å². The Balaban J connectivity index is 2.64. The number of nitrogens with two attached hydrogens (primary N) is 2. The van der Waals surface area contributed by atoms with Crippen molar-refractivity contribution in [2.75, 3.05) is 5.84 Å². The van der Waals surface area contributed by atoms with Crippen LogP contribution in [0.5, 0.6) is 0 Å². The summed E-state index contributed by atoms with van der Waals surface area (Å²) in [6.45, 7) is 0. The zero-order valence-corrected chi connectivity index (χ0v) is 6.34. The predicted molar refractivity (Wildman–Crippen MR) is 41.7 cm³/mol. The number of carboxylic acids is 1. The van der Waals surface area contributed by atoms with E-state index in [0.29, 0.717) is 5.69 Å². The fourth-order valence-electron chi connectivity index (χ4n) is 0.803. The average molecular weight is 170 g/mol. The van der Waals surface area contributed by atoms with E-state index in [1.165, 1.54) is 17.2 Å². The number of carbonyl (C=O) groups is 1. The zero-order valence-electron chi connectivity index (χ0n) is 6.34.